The second-order valence-corrected chi connectivity index (χ2v) is 7.87. The molecule has 146 valence electrons. The van der Waals surface area contributed by atoms with E-state index in [2.05, 4.69) is 30.0 Å². The Kier molecular flexibility index (Phi) is 6.49. The van der Waals surface area contributed by atoms with Gasteiger partial charge in [-0.05, 0) is 37.2 Å². The van der Waals surface area contributed by atoms with Gasteiger partial charge in [0.1, 0.15) is 0 Å². The van der Waals surface area contributed by atoms with Crippen LogP contribution in [-0.2, 0) is 0 Å². The van der Waals surface area contributed by atoms with E-state index < -0.39 is 0 Å². The number of hydrogen-bond acceptors (Lipinski definition) is 8. The van der Waals surface area contributed by atoms with Crippen LogP contribution in [0.4, 0.5) is 0 Å². The van der Waals surface area contributed by atoms with Crippen molar-refractivity contribution in [3.63, 3.8) is 0 Å². The molecule has 1 aliphatic rings. The van der Waals surface area contributed by atoms with E-state index in [4.69, 9.17) is 45.9 Å². The average Bonchev–Trinajstić information content (AvgIpc) is 2.56. The predicted octanol–water partition coefficient (Wildman–Crippen LogP) is -0.138. The van der Waals surface area contributed by atoms with Gasteiger partial charge in [-0.1, -0.05) is 28.7 Å². The monoisotopic (exact) mass is 380 g/mol. The highest BCUT2D eigenvalue weighted by Crippen LogP contribution is 2.43. The molecule has 0 radical (unpaired) electrons. The van der Waals surface area contributed by atoms with Gasteiger partial charge in [0.2, 0.25) is 0 Å². The molecule has 0 saturated heterocycles. The Morgan fingerprint density at radius 1 is 0.769 bits per heavy atom. The van der Waals surface area contributed by atoms with Crippen molar-refractivity contribution in [2.75, 3.05) is 0 Å². The van der Waals surface area contributed by atoms with E-state index in [0.29, 0.717) is 5.70 Å². The Bertz CT molecular complexity index is 749. The summed E-state index contributed by atoms with van der Waals surface area (Å²) in [6, 6.07) is 0. The normalized spacial score (nSPS) is 21.4. The molecule has 0 aliphatic heterocycles. The molecule has 0 amide bonds. The van der Waals surface area contributed by atoms with E-state index in [1.165, 1.54) is 5.57 Å². The minimum Gasteiger partial charge on any atom is -0.397 e. The molecule has 1 aliphatic carbocycles. The largest absolute Gasteiger partial charge is 0.397 e. The smallest absolute Gasteiger partial charge is 0.0825 e. The number of allylic oxidation sites excluding steroid dienone is 2. The Hall–Kier alpha value is -2.47. The first-order valence-electron chi connectivity index (χ1n) is 8.31. The molecule has 16 N–H and O–H groups in total. The molecular weight excluding hydrogens is 347 g/mol. The number of nitrogens with two attached hydrogens (primary N) is 8. The lowest BCUT2D eigenvalue weighted by atomic mass is 9.71. The van der Waals surface area contributed by atoms with Crippen LogP contribution >= 0.6 is 9.24 Å². The van der Waals surface area contributed by atoms with Crippen molar-refractivity contribution >= 4 is 9.24 Å². The van der Waals surface area contributed by atoms with Crippen LogP contribution in [0.25, 0.3) is 0 Å². The van der Waals surface area contributed by atoms with Gasteiger partial charge in [0.15, 0.2) is 0 Å². The Morgan fingerprint density at radius 3 is 1.62 bits per heavy atom. The predicted molar refractivity (Wildman–Crippen MR) is 112 cm³/mol. The first-order chi connectivity index (χ1) is 11.8. The third-order valence-electron chi connectivity index (χ3n) is 4.78. The lowest BCUT2D eigenvalue weighted by molar-refractivity contribution is 0.371. The first kappa shape index (κ1) is 21.6. The van der Waals surface area contributed by atoms with E-state index in [0.717, 1.165) is 24.8 Å². The second-order valence-electron chi connectivity index (χ2n) is 7.24. The lowest BCUT2D eigenvalue weighted by Crippen LogP contribution is -2.30. The summed E-state index contributed by atoms with van der Waals surface area (Å²) in [7, 11) is 2.24. The standard InChI is InChI=1S/C17H33N8P/c1-7-5-4-6-17(2,3)8(7)9(18)10(19)11(20)12(21)13(22)14(23)15(24)16(25)26/h4-6,18-26H2,1-3H3/b10-9+,12-11+,14-13-,16-15-. The molecule has 0 bridgehead atoms. The molecule has 0 saturated carbocycles. The van der Waals surface area contributed by atoms with Crippen molar-refractivity contribution in [2.24, 2.45) is 51.3 Å². The highest BCUT2D eigenvalue weighted by molar-refractivity contribution is 7.22. The minimum absolute atomic E-state index is 0.00372. The van der Waals surface area contributed by atoms with E-state index >= 15 is 0 Å². The van der Waals surface area contributed by atoms with Gasteiger partial charge in [0.25, 0.3) is 0 Å². The van der Waals surface area contributed by atoms with Crippen LogP contribution in [0.15, 0.2) is 56.5 Å². The van der Waals surface area contributed by atoms with Crippen molar-refractivity contribution in [3.05, 3.63) is 56.5 Å². The summed E-state index contributed by atoms with van der Waals surface area (Å²) >= 11 is 0. The zero-order chi connectivity index (χ0) is 20.4. The fourth-order valence-corrected chi connectivity index (χ4v) is 3.39. The zero-order valence-electron chi connectivity index (χ0n) is 15.8. The minimum atomic E-state index is -0.104. The summed E-state index contributed by atoms with van der Waals surface area (Å²) in [6.45, 7) is 6.32. The van der Waals surface area contributed by atoms with E-state index in [-0.39, 0.29) is 45.0 Å². The van der Waals surface area contributed by atoms with Gasteiger partial charge < -0.3 is 45.9 Å². The summed E-state index contributed by atoms with van der Waals surface area (Å²) in [6.07, 6.45) is 3.09. The van der Waals surface area contributed by atoms with Crippen LogP contribution in [-0.4, -0.2) is 0 Å². The maximum absolute atomic E-state index is 6.36. The summed E-state index contributed by atoms with van der Waals surface area (Å²) in [4.78, 5) is 0. The van der Waals surface area contributed by atoms with Gasteiger partial charge in [-0.2, -0.15) is 0 Å². The van der Waals surface area contributed by atoms with E-state index in [1.54, 1.807) is 0 Å². The Morgan fingerprint density at radius 2 is 1.19 bits per heavy atom. The molecule has 0 aromatic rings. The Labute approximate surface area is 157 Å². The summed E-state index contributed by atoms with van der Waals surface area (Å²) < 4.78 is 0. The number of hydrogen-bond donors (Lipinski definition) is 8. The third kappa shape index (κ3) is 4.19. The molecule has 1 rings (SSSR count). The number of rotatable bonds is 4. The lowest BCUT2D eigenvalue weighted by Gasteiger charge is -2.35. The summed E-state index contributed by atoms with van der Waals surface area (Å²) in [5.41, 5.74) is 51.1. The molecule has 0 spiro atoms. The van der Waals surface area contributed by atoms with Crippen LogP contribution in [0.1, 0.15) is 40.0 Å². The van der Waals surface area contributed by atoms with E-state index in [1.807, 2.05) is 0 Å². The van der Waals surface area contributed by atoms with Crippen molar-refractivity contribution in [1.82, 2.24) is 0 Å². The summed E-state index contributed by atoms with van der Waals surface area (Å²) in [5, 5.41) is 0. The van der Waals surface area contributed by atoms with Gasteiger partial charge >= 0.3 is 0 Å². The van der Waals surface area contributed by atoms with Crippen LogP contribution in [0.3, 0.4) is 0 Å². The highest BCUT2D eigenvalue weighted by Gasteiger charge is 2.31. The van der Waals surface area contributed by atoms with Crippen LogP contribution in [0.2, 0.25) is 0 Å². The molecule has 1 atom stereocenters. The summed E-state index contributed by atoms with van der Waals surface area (Å²) in [5.74, 6) is 0. The van der Waals surface area contributed by atoms with Crippen molar-refractivity contribution < 1.29 is 0 Å². The molecule has 0 fully saturated rings. The molecule has 8 nitrogen and oxygen atoms in total. The maximum Gasteiger partial charge on any atom is 0.0825 e. The molecular formula is C17H33N8P. The van der Waals surface area contributed by atoms with Gasteiger partial charge in [0.05, 0.1) is 45.3 Å². The quantitative estimate of drug-likeness (QED) is 0.242. The highest BCUT2D eigenvalue weighted by atomic mass is 31.0. The molecule has 26 heavy (non-hydrogen) atoms. The maximum atomic E-state index is 6.36. The van der Waals surface area contributed by atoms with Gasteiger partial charge in [0, 0.05) is 0 Å². The Balaban J connectivity index is 3.53. The second kappa shape index (κ2) is 7.83. The molecule has 9 heteroatoms. The van der Waals surface area contributed by atoms with Crippen molar-refractivity contribution in [2.45, 2.75) is 40.0 Å². The molecule has 0 aromatic heterocycles. The fraction of sp³-hybridized carbons (Fsp3) is 0.412. The third-order valence-corrected chi connectivity index (χ3v) is 5.09. The average molecular weight is 380 g/mol. The van der Waals surface area contributed by atoms with Crippen LogP contribution < -0.4 is 45.9 Å². The first-order valence-corrected chi connectivity index (χ1v) is 8.88. The van der Waals surface area contributed by atoms with Crippen molar-refractivity contribution in [1.29, 1.82) is 0 Å². The van der Waals surface area contributed by atoms with Gasteiger partial charge in [-0.15, -0.1) is 0 Å². The fourth-order valence-electron chi connectivity index (χ4n) is 3.23. The molecule has 0 aromatic carbocycles. The molecule has 1 unspecified atom stereocenters. The van der Waals surface area contributed by atoms with Gasteiger partial charge in [-0.3, -0.25) is 0 Å². The van der Waals surface area contributed by atoms with Crippen LogP contribution in [0, 0.1) is 5.41 Å². The SMILES string of the molecule is CC1=C(/C(N)=C(N)/C(N)=C(N)/C(N)=C(N)\C(N)=C(/N)P)C(C)(C)CCC1. The van der Waals surface area contributed by atoms with Crippen LogP contribution in [0.5, 0.6) is 0 Å². The van der Waals surface area contributed by atoms with E-state index in [9.17, 15) is 0 Å². The van der Waals surface area contributed by atoms with Crippen molar-refractivity contribution in [3.8, 4) is 0 Å². The molecule has 0 heterocycles. The van der Waals surface area contributed by atoms with Gasteiger partial charge in [-0.25, -0.2) is 0 Å². The zero-order valence-corrected chi connectivity index (χ0v) is 17.0. The topological polar surface area (TPSA) is 208 Å².